The van der Waals surface area contributed by atoms with Crippen molar-refractivity contribution in [1.29, 1.82) is 0 Å². The first-order chi connectivity index (χ1) is 14.1. The molecular weight excluding hydrogens is 404 g/mol. The molecule has 0 aliphatic carbocycles. The first kappa shape index (κ1) is 18.1. The van der Waals surface area contributed by atoms with Crippen LogP contribution in [0.5, 0.6) is 0 Å². The van der Waals surface area contributed by atoms with Crippen molar-refractivity contribution in [2.75, 3.05) is 0 Å². The third-order valence-corrected chi connectivity index (χ3v) is 6.33. The Morgan fingerprint density at radius 1 is 0.966 bits per heavy atom. The summed E-state index contributed by atoms with van der Waals surface area (Å²) in [5.74, 6) is 0. The smallest absolute Gasteiger partial charge is 0.275 e. The molecule has 2 heterocycles. The average molecular weight is 419 g/mol. The largest absolute Gasteiger partial charge is 0.392 e. The molecule has 29 heavy (non-hydrogen) atoms. The summed E-state index contributed by atoms with van der Waals surface area (Å²) in [4.78, 5) is 18.6. The lowest BCUT2D eigenvalue weighted by Gasteiger charge is -2.07. The highest BCUT2D eigenvalue weighted by molar-refractivity contribution is 7.22. The zero-order chi connectivity index (χ0) is 20.0. The first-order valence-electron chi connectivity index (χ1n) is 9.03. The molecule has 0 aliphatic heterocycles. The lowest BCUT2D eigenvalue weighted by Crippen LogP contribution is -2.17. The number of halogens is 1. The van der Waals surface area contributed by atoms with E-state index in [1.807, 2.05) is 66.7 Å². The van der Waals surface area contributed by atoms with Gasteiger partial charge in [0.2, 0.25) is 0 Å². The van der Waals surface area contributed by atoms with E-state index in [1.54, 1.807) is 10.9 Å². The van der Waals surface area contributed by atoms with Crippen molar-refractivity contribution < 1.29 is 5.11 Å². The SMILES string of the molecule is O=c1c2sc(-c3ccc(Cl)cc3)cc2ncn1-c1ccc2cc(CO)ccc2c1. The zero-order valence-electron chi connectivity index (χ0n) is 15.2. The summed E-state index contributed by atoms with van der Waals surface area (Å²) in [5, 5.41) is 12.0. The van der Waals surface area contributed by atoms with Crippen LogP contribution in [0.1, 0.15) is 5.56 Å². The maximum atomic E-state index is 13.1. The number of thiophene rings is 1. The van der Waals surface area contributed by atoms with E-state index in [9.17, 15) is 9.90 Å². The topological polar surface area (TPSA) is 55.1 Å². The highest BCUT2D eigenvalue weighted by Gasteiger charge is 2.12. The van der Waals surface area contributed by atoms with E-state index in [0.29, 0.717) is 15.2 Å². The molecule has 0 atom stereocenters. The summed E-state index contributed by atoms with van der Waals surface area (Å²) in [6, 6.07) is 21.1. The van der Waals surface area contributed by atoms with Crippen LogP contribution in [0.15, 0.2) is 77.9 Å². The molecule has 0 bridgehead atoms. The molecule has 0 spiro atoms. The van der Waals surface area contributed by atoms with Gasteiger partial charge in [0.05, 0.1) is 17.8 Å². The van der Waals surface area contributed by atoms with Gasteiger partial charge in [-0.3, -0.25) is 9.36 Å². The van der Waals surface area contributed by atoms with Crippen LogP contribution in [-0.4, -0.2) is 14.7 Å². The molecule has 4 nitrogen and oxygen atoms in total. The summed E-state index contributed by atoms with van der Waals surface area (Å²) in [6.45, 7) is 0.00602. The number of hydrogen-bond donors (Lipinski definition) is 1. The lowest BCUT2D eigenvalue weighted by molar-refractivity contribution is 0.282. The summed E-state index contributed by atoms with van der Waals surface area (Å²) < 4.78 is 2.19. The molecule has 0 saturated carbocycles. The third kappa shape index (κ3) is 3.23. The van der Waals surface area contributed by atoms with Gasteiger partial charge in [-0.15, -0.1) is 11.3 Å². The molecule has 0 unspecified atom stereocenters. The summed E-state index contributed by atoms with van der Waals surface area (Å²) in [5.41, 5.74) is 3.23. The number of aliphatic hydroxyl groups excluding tert-OH is 1. The van der Waals surface area contributed by atoms with Crippen LogP contribution in [0.25, 0.3) is 37.1 Å². The fourth-order valence-electron chi connectivity index (χ4n) is 3.38. The fourth-order valence-corrected chi connectivity index (χ4v) is 4.56. The third-order valence-electron chi connectivity index (χ3n) is 4.92. The molecule has 0 amide bonds. The van der Waals surface area contributed by atoms with Crippen LogP contribution in [0.2, 0.25) is 5.02 Å². The average Bonchev–Trinajstić information content (AvgIpc) is 3.19. The minimum absolute atomic E-state index is 0.00602. The summed E-state index contributed by atoms with van der Waals surface area (Å²) in [7, 11) is 0. The normalized spacial score (nSPS) is 11.4. The van der Waals surface area contributed by atoms with E-state index in [4.69, 9.17) is 11.6 Å². The van der Waals surface area contributed by atoms with Gasteiger partial charge in [-0.2, -0.15) is 0 Å². The number of aliphatic hydroxyl groups is 1. The van der Waals surface area contributed by atoms with Gasteiger partial charge in [-0.05, 0) is 58.3 Å². The van der Waals surface area contributed by atoms with Gasteiger partial charge in [0.25, 0.3) is 5.56 Å². The van der Waals surface area contributed by atoms with Gasteiger partial charge in [-0.1, -0.05) is 41.9 Å². The van der Waals surface area contributed by atoms with Crippen molar-refractivity contribution in [2.45, 2.75) is 6.61 Å². The van der Waals surface area contributed by atoms with Crippen molar-refractivity contribution >= 4 is 43.9 Å². The van der Waals surface area contributed by atoms with Gasteiger partial charge >= 0.3 is 0 Å². The minimum atomic E-state index is -0.0912. The highest BCUT2D eigenvalue weighted by Crippen LogP contribution is 2.31. The van der Waals surface area contributed by atoms with Gasteiger partial charge < -0.3 is 5.11 Å². The van der Waals surface area contributed by atoms with E-state index < -0.39 is 0 Å². The molecule has 2 aromatic heterocycles. The van der Waals surface area contributed by atoms with Crippen LogP contribution in [0.3, 0.4) is 0 Å². The number of benzene rings is 3. The monoisotopic (exact) mass is 418 g/mol. The van der Waals surface area contributed by atoms with E-state index in [2.05, 4.69) is 4.98 Å². The van der Waals surface area contributed by atoms with Crippen LogP contribution in [-0.2, 0) is 6.61 Å². The number of fused-ring (bicyclic) bond motifs is 2. The second kappa shape index (κ2) is 7.12. The van der Waals surface area contributed by atoms with Gasteiger partial charge in [0.15, 0.2) is 0 Å². The maximum absolute atomic E-state index is 13.1. The molecule has 5 aromatic rings. The Hall–Kier alpha value is -2.99. The van der Waals surface area contributed by atoms with Crippen molar-refractivity contribution in [2.24, 2.45) is 0 Å². The lowest BCUT2D eigenvalue weighted by atomic mass is 10.1. The Bertz CT molecular complexity index is 1420. The number of rotatable bonds is 3. The van der Waals surface area contributed by atoms with Crippen LogP contribution >= 0.6 is 22.9 Å². The molecule has 1 N–H and O–H groups in total. The maximum Gasteiger partial charge on any atom is 0.275 e. The molecule has 3 aromatic carbocycles. The Kier molecular flexibility index (Phi) is 4.43. The minimum Gasteiger partial charge on any atom is -0.392 e. The molecule has 6 heteroatoms. The Morgan fingerprint density at radius 2 is 1.72 bits per heavy atom. The number of nitrogens with zero attached hydrogens (tertiary/aromatic N) is 2. The zero-order valence-corrected chi connectivity index (χ0v) is 16.7. The fraction of sp³-hybridized carbons (Fsp3) is 0.0435. The highest BCUT2D eigenvalue weighted by atomic mass is 35.5. The van der Waals surface area contributed by atoms with Crippen LogP contribution < -0.4 is 5.56 Å². The Morgan fingerprint density at radius 3 is 2.52 bits per heavy atom. The van der Waals surface area contributed by atoms with Crippen molar-refractivity contribution in [3.05, 3.63) is 94.0 Å². The predicted molar refractivity (Wildman–Crippen MR) is 119 cm³/mol. The predicted octanol–water partition coefficient (Wildman–Crippen LogP) is 5.41. The summed E-state index contributed by atoms with van der Waals surface area (Å²) in [6.07, 6.45) is 1.58. The molecule has 0 aliphatic rings. The Balaban J connectivity index is 1.62. The van der Waals surface area contributed by atoms with E-state index in [0.717, 1.165) is 32.5 Å². The summed E-state index contributed by atoms with van der Waals surface area (Å²) >= 11 is 7.41. The quantitative estimate of drug-likeness (QED) is 0.426. The van der Waals surface area contributed by atoms with E-state index >= 15 is 0 Å². The van der Waals surface area contributed by atoms with E-state index in [-0.39, 0.29) is 12.2 Å². The van der Waals surface area contributed by atoms with Gasteiger partial charge in [0, 0.05) is 9.90 Å². The van der Waals surface area contributed by atoms with E-state index in [1.165, 1.54) is 11.3 Å². The van der Waals surface area contributed by atoms with Gasteiger partial charge in [-0.25, -0.2) is 4.98 Å². The molecule has 5 rings (SSSR count). The van der Waals surface area contributed by atoms with Crippen molar-refractivity contribution in [1.82, 2.24) is 9.55 Å². The van der Waals surface area contributed by atoms with Crippen LogP contribution in [0, 0.1) is 0 Å². The second-order valence-electron chi connectivity index (χ2n) is 6.78. The number of hydrogen-bond acceptors (Lipinski definition) is 4. The Labute approximate surface area is 175 Å². The van der Waals surface area contributed by atoms with Crippen molar-refractivity contribution in [3.63, 3.8) is 0 Å². The molecule has 0 saturated heterocycles. The molecule has 0 radical (unpaired) electrons. The second-order valence-corrected chi connectivity index (χ2v) is 8.26. The standard InChI is InChI=1S/C23H15ClN2O2S/c24-18-6-3-15(4-7-18)21-11-20-22(29-21)23(28)26(13-25-20)19-8-5-16-9-14(12-27)1-2-17(16)10-19/h1-11,13,27H,12H2. The molecule has 142 valence electrons. The van der Waals surface area contributed by atoms with Gasteiger partial charge in [0.1, 0.15) is 11.0 Å². The van der Waals surface area contributed by atoms with Crippen molar-refractivity contribution in [3.8, 4) is 16.1 Å². The van der Waals surface area contributed by atoms with Crippen LogP contribution in [0.4, 0.5) is 0 Å². The first-order valence-corrected chi connectivity index (χ1v) is 10.2. The molecule has 0 fully saturated rings. The molecular formula is C23H15ClN2O2S. The number of aromatic nitrogens is 2.